The fraction of sp³-hybridized carbons (Fsp3) is 0. The van der Waals surface area contributed by atoms with Crippen LogP contribution in [0.15, 0.2) is 62.9 Å². The Kier molecular flexibility index (Phi) is 4.17. The molecular formula is C22H9Cl3O4. The smallest absolute Gasteiger partial charge is 0.197 e. The summed E-state index contributed by atoms with van der Waals surface area (Å²) in [6.07, 6.45) is 1.41. The van der Waals surface area contributed by atoms with Gasteiger partial charge < -0.3 is 8.83 Å². The van der Waals surface area contributed by atoms with E-state index in [1.165, 1.54) is 18.2 Å². The number of carbonyl (C=O) groups is 2. The Hall–Kier alpha value is -2.79. The maximum atomic E-state index is 12.6. The van der Waals surface area contributed by atoms with Crippen molar-refractivity contribution >= 4 is 63.6 Å². The lowest BCUT2D eigenvalue weighted by Gasteiger charge is -1.98. The summed E-state index contributed by atoms with van der Waals surface area (Å²) in [4.78, 5) is 25.3. The normalized spacial score (nSPS) is 13.4. The van der Waals surface area contributed by atoms with Gasteiger partial charge in [-0.15, -0.1) is 0 Å². The van der Waals surface area contributed by atoms with Gasteiger partial charge in [-0.25, -0.2) is 0 Å². The zero-order valence-corrected chi connectivity index (χ0v) is 16.7. The van der Waals surface area contributed by atoms with Crippen LogP contribution in [0.2, 0.25) is 15.1 Å². The van der Waals surface area contributed by atoms with Gasteiger partial charge in [-0.1, -0.05) is 34.8 Å². The Bertz CT molecular complexity index is 1280. The Morgan fingerprint density at radius 1 is 0.724 bits per heavy atom. The molecule has 2 aromatic carbocycles. The molecule has 0 amide bonds. The first-order valence-corrected chi connectivity index (χ1v) is 9.63. The molecule has 0 atom stereocenters. The third-order valence-corrected chi connectivity index (χ3v) is 5.65. The van der Waals surface area contributed by atoms with E-state index in [-0.39, 0.29) is 26.7 Å². The van der Waals surface area contributed by atoms with Crippen LogP contribution in [0, 0.1) is 0 Å². The van der Waals surface area contributed by atoms with Gasteiger partial charge in [0.05, 0.1) is 15.6 Å². The van der Waals surface area contributed by atoms with Crippen molar-refractivity contribution in [1.29, 1.82) is 0 Å². The van der Waals surface area contributed by atoms with E-state index in [1.54, 1.807) is 24.3 Å². The highest BCUT2D eigenvalue weighted by Gasteiger charge is 2.34. The van der Waals surface area contributed by atoms with Gasteiger partial charge in [0.1, 0.15) is 11.5 Å². The standard InChI is InChI=1S/C22H9Cl3O4/c23-11-3-1-10(2-4-11)18-9-20-19(29-18)6-12(28-20)5-15-21(26)13-7-16(24)17(25)8-14(13)22(15)27/h1-9H. The largest absolute Gasteiger partial charge is 0.453 e. The number of benzene rings is 2. The summed E-state index contributed by atoms with van der Waals surface area (Å²) in [7, 11) is 0. The zero-order valence-electron chi connectivity index (χ0n) is 14.5. The molecule has 2 heterocycles. The molecule has 5 rings (SSSR count). The molecular weight excluding hydrogens is 435 g/mol. The molecule has 0 aliphatic heterocycles. The number of fused-ring (bicyclic) bond motifs is 2. The molecule has 0 fully saturated rings. The molecule has 0 bridgehead atoms. The van der Waals surface area contributed by atoms with Crippen LogP contribution < -0.4 is 0 Å². The molecule has 0 spiro atoms. The number of hydrogen-bond donors (Lipinski definition) is 0. The van der Waals surface area contributed by atoms with Crippen molar-refractivity contribution in [2.24, 2.45) is 0 Å². The number of furan rings is 2. The summed E-state index contributed by atoms with van der Waals surface area (Å²) in [5.74, 6) is 0.124. The molecule has 0 unspecified atom stereocenters. The SMILES string of the molecule is O=C1C(=Cc2cc3oc(-c4ccc(Cl)cc4)cc3o2)C(=O)c2cc(Cl)c(Cl)cc21. The van der Waals surface area contributed by atoms with E-state index in [0.29, 0.717) is 27.7 Å². The van der Waals surface area contributed by atoms with E-state index < -0.39 is 11.6 Å². The Morgan fingerprint density at radius 3 is 1.90 bits per heavy atom. The van der Waals surface area contributed by atoms with Crippen LogP contribution in [-0.4, -0.2) is 11.6 Å². The molecule has 29 heavy (non-hydrogen) atoms. The monoisotopic (exact) mass is 442 g/mol. The van der Waals surface area contributed by atoms with Gasteiger partial charge in [0, 0.05) is 33.8 Å². The lowest BCUT2D eigenvalue weighted by atomic mass is 10.1. The van der Waals surface area contributed by atoms with E-state index in [4.69, 9.17) is 43.6 Å². The van der Waals surface area contributed by atoms with Crippen molar-refractivity contribution in [1.82, 2.24) is 0 Å². The van der Waals surface area contributed by atoms with Crippen molar-refractivity contribution in [3.8, 4) is 11.3 Å². The molecule has 0 saturated carbocycles. The number of halogens is 3. The second-order valence-corrected chi connectivity index (χ2v) is 7.77. The number of ketones is 2. The van der Waals surface area contributed by atoms with Crippen LogP contribution in [-0.2, 0) is 0 Å². The van der Waals surface area contributed by atoms with Crippen molar-refractivity contribution in [3.05, 3.63) is 86.1 Å². The fourth-order valence-electron chi connectivity index (χ4n) is 3.27. The number of carbonyl (C=O) groups excluding carboxylic acids is 2. The molecule has 0 saturated heterocycles. The average molecular weight is 444 g/mol. The summed E-state index contributed by atoms with van der Waals surface area (Å²) in [6, 6.07) is 13.4. The van der Waals surface area contributed by atoms with Crippen LogP contribution in [0.5, 0.6) is 0 Å². The Labute approximate surface area is 179 Å². The molecule has 1 aliphatic carbocycles. The topological polar surface area (TPSA) is 60.4 Å². The van der Waals surface area contributed by atoms with Gasteiger partial charge in [-0.3, -0.25) is 9.59 Å². The molecule has 0 radical (unpaired) electrons. The van der Waals surface area contributed by atoms with Crippen molar-refractivity contribution < 1.29 is 18.4 Å². The summed E-state index contributed by atoms with van der Waals surface area (Å²) >= 11 is 17.9. The number of hydrogen-bond acceptors (Lipinski definition) is 4. The van der Waals surface area contributed by atoms with E-state index in [0.717, 1.165) is 5.56 Å². The summed E-state index contributed by atoms with van der Waals surface area (Å²) in [6.45, 7) is 0. The van der Waals surface area contributed by atoms with Crippen molar-refractivity contribution in [2.45, 2.75) is 0 Å². The quantitative estimate of drug-likeness (QED) is 0.244. The minimum Gasteiger partial charge on any atom is -0.453 e. The third-order valence-electron chi connectivity index (χ3n) is 4.68. The Morgan fingerprint density at radius 2 is 1.31 bits per heavy atom. The van der Waals surface area contributed by atoms with E-state index in [1.807, 2.05) is 12.1 Å². The highest BCUT2D eigenvalue weighted by atomic mass is 35.5. The maximum absolute atomic E-state index is 12.6. The molecule has 142 valence electrons. The number of allylic oxidation sites excluding steroid dienone is 1. The van der Waals surface area contributed by atoms with Gasteiger partial charge >= 0.3 is 0 Å². The van der Waals surface area contributed by atoms with E-state index in [9.17, 15) is 9.59 Å². The van der Waals surface area contributed by atoms with Crippen LogP contribution in [0.25, 0.3) is 28.6 Å². The first-order valence-electron chi connectivity index (χ1n) is 8.50. The molecule has 4 aromatic rings. The van der Waals surface area contributed by atoms with Gasteiger partial charge in [-0.2, -0.15) is 0 Å². The first-order chi connectivity index (χ1) is 13.9. The third kappa shape index (κ3) is 3.01. The van der Waals surface area contributed by atoms with Crippen LogP contribution in [0.3, 0.4) is 0 Å². The number of Topliss-reactive ketones (excluding diaryl/α,β-unsaturated/α-hetero) is 2. The molecule has 0 N–H and O–H groups in total. The summed E-state index contributed by atoms with van der Waals surface area (Å²) < 4.78 is 11.6. The van der Waals surface area contributed by atoms with Crippen LogP contribution >= 0.6 is 34.8 Å². The fourth-order valence-corrected chi connectivity index (χ4v) is 3.72. The second-order valence-electron chi connectivity index (χ2n) is 6.52. The average Bonchev–Trinajstić information content (AvgIpc) is 3.31. The van der Waals surface area contributed by atoms with Gasteiger partial charge in [-0.05, 0) is 42.5 Å². The second kappa shape index (κ2) is 6.63. The predicted octanol–water partition coefficient (Wildman–Crippen LogP) is 7.12. The van der Waals surface area contributed by atoms with E-state index >= 15 is 0 Å². The highest BCUT2D eigenvalue weighted by molar-refractivity contribution is 6.46. The summed E-state index contributed by atoms with van der Waals surface area (Å²) in [5, 5.41) is 1.07. The maximum Gasteiger partial charge on any atom is 0.197 e. The minimum atomic E-state index is -0.418. The van der Waals surface area contributed by atoms with E-state index in [2.05, 4.69) is 0 Å². The first kappa shape index (κ1) is 18.3. The molecule has 2 aromatic heterocycles. The molecule has 4 nitrogen and oxygen atoms in total. The highest BCUT2D eigenvalue weighted by Crippen LogP contribution is 2.36. The molecule has 7 heteroatoms. The van der Waals surface area contributed by atoms with Gasteiger partial charge in [0.15, 0.2) is 22.7 Å². The van der Waals surface area contributed by atoms with Crippen molar-refractivity contribution in [3.63, 3.8) is 0 Å². The lowest BCUT2D eigenvalue weighted by molar-refractivity contribution is 0.0990. The number of rotatable bonds is 2. The van der Waals surface area contributed by atoms with Gasteiger partial charge in [0.2, 0.25) is 0 Å². The Balaban J connectivity index is 1.51. The van der Waals surface area contributed by atoms with Crippen molar-refractivity contribution in [2.75, 3.05) is 0 Å². The lowest BCUT2D eigenvalue weighted by Crippen LogP contribution is -1.99. The summed E-state index contributed by atoms with van der Waals surface area (Å²) in [5.41, 5.74) is 2.32. The van der Waals surface area contributed by atoms with Crippen LogP contribution in [0.1, 0.15) is 26.5 Å². The minimum absolute atomic E-state index is 0.00680. The predicted molar refractivity (Wildman–Crippen MR) is 112 cm³/mol. The zero-order chi connectivity index (χ0) is 20.3. The van der Waals surface area contributed by atoms with Crippen LogP contribution in [0.4, 0.5) is 0 Å². The van der Waals surface area contributed by atoms with Gasteiger partial charge in [0.25, 0.3) is 0 Å². The molecule has 1 aliphatic rings.